The van der Waals surface area contributed by atoms with Gasteiger partial charge in [-0.05, 0) is 24.3 Å². The number of benzene rings is 1. The molecular formula is C17H20N4O3. The van der Waals surface area contributed by atoms with E-state index in [-0.39, 0.29) is 5.91 Å². The minimum absolute atomic E-state index is 0.0513. The highest BCUT2D eigenvalue weighted by Crippen LogP contribution is 2.31. The summed E-state index contributed by atoms with van der Waals surface area (Å²) in [5.74, 6) is 1.82. The summed E-state index contributed by atoms with van der Waals surface area (Å²) in [6.07, 6.45) is 1.65. The molecule has 3 rings (SSSR count). The highest BCUT2D eigenvalue weighted by atomic mass is 16.5. The largest absolute Gasteiger partial charge is 0.493 e. The van der Waals surface area contributed by atoms with Crippen molar-refractivity contribution >= 4 is 11.7 Å². The van der Waals surface area contributed by atoms with E-state index < -0.39 is 0 Å². The third-order valence-corrected chi connectivity index (χ3v) is 4.08. The summed E-state index contributed by atoms with van der Waals surface area (Å²) in [5.41, 5.74) is 0.518. The van der Waals surface area contributed by atoms with Gasteiger partial charge in [0.05, 0.1) is 19.8 Å². The highest BCUT2D eigenvalue weighted by molar-refractivity contribution is 5.98. The van der Waals surface area contributed by atoms with Crippen LogP contribution < -0.4 is 14.4 Å². The monoisotopic (exact) mass is 328 g/mol. The molecule has 1 saturated heterocycles. The van der Waals surface area contributed by atoms with Crippen molar-refractivity contribution < 1.29 is 14.3 Å². The number of ether oxygens (including phenoxy) is 2. The number of carbonyl (C=O) groups is 1. The van der Waals surface area contributed by atoms with Crippen LogP contribution in [0.2, 0.25) is 0 Å². The fraction of sp³-hybridized carbons (Fsp3) is 0.353. The molecule has 2 aromatic rings. The SMILES string of the molecule is COc1cccc(C(=O)N2CCN(c3cccnn3)CC2)c1OC. The number of anilines is 1. The van der Waals surface area contributed by atoms with Crippen LogP contribution in [0.15, 0.2) is 36.5 Å². The Kier molecular flexibility index (Phi) is 4.79. The first kappa shape index (κ1) is 16.0. The quantitative estimate of drug-likeness (QED) is 0.846. The van der Waals surface area contributed by atoms with Gasteiger partial charge < -0.3 is 19.3 Å². The molecule has 126 valence electrons. The fourth-order valence-electron chi connectivity index (χ4n) is 2.83. The Morgan fingerprint density at radius 2 is 1.83 bits per heavy atom. The van der Waals surface area contributed by atoms with Crippen molar-refractivity contribution in [1.82, 2.24) is 15.1 Å². The second kappa shape index (κ2) is 7.16. The Labute approximate surface area is 140 Å². The number of rotatable bonds is 4. The van der Waals surface area contributed by atoms with Gasteiger partial charge in [-0.25, -0.2) is 0 Å². The van der Waals surface area contributed by atoms with Gasteiger partial charge in [0.15, 0.2) is 17.3 Å². The number of aromatic nitrogens is 2. The molecule has 1 amide bonds. The molecule has 0 aliphatic carbocycles. The molecule has 0 saturated carbocycles. The van der Waals surface area contributed by atoms with Crippen LogP contribution in [0.25, 0.3) is 0 Å². The minimum Gasteiger partial charge on any atom is -0.493 e. The number of hydrogen-bond acceptors (Lipinski definition) is 6. The van der Waals surface area contributed by atoms with E-state index >= 15 is 0 Å². The molecule has 0 spiro atoms. The molecule has 2 heterocycles. The molecule has 1 aromatic carbocycles. The number of hydrogen-bond donors (Lipinski definition) is 0. The lowest BCUT2D eigenvalue weighted by molar-refractivity contribution is 0.0742. The van der Waals surface area contributed by atoms with Gasteiger partial charge in [0.1, 0.15) is 0 Å². The molecule has 0 atom stereocenters. The predicted molar refractivity (Wildman–Crippen MR) is 89.7 cm³/mol. The maximum Gasteiger partial charge on any atom is 0.257 e. The molecule has 1 fully saturated rings. The van der Waals surface area contributed by atoms with Crippen molar-refractivity contribution in [2.75, 3.05) is 45.3 Å². The van der Waals surface area contributed by atoms with Crippen molar-refractivity contribution in [2.45, 2.75) is 0 Å². The zero-order valence-corrected chi connectivity index (χ0v) is 13.8. The molecule has 7 nitrogen and oxygen atoms in total. The highest BCUT2D eigenvalue weighted by Gasteiger charge is 2.26. The number of methoxy groups -OCH3 is 2. The Hall–Kier alpha value is -2.83. The topological polar surface area (TPSA) is 67.8 Å². The first-order chi connectivity index (χ1) is 11.7. The third kappa shape index (κ3) is 3.10. The summed E-state index contributed by atoms with van der Waals surface area (Å²) in [5, 5.41) is 8.02. The first-order valence-electron chi connectivity index (χ1n) is 7.77. The van der Waals surface area contributed by atoms with Gasteiger partial charge in [0.2, 0.25) is 0 Å². The van der Waals surface area contributed by atoms with Crippen LogP contribution in [0, 0.1) is 0 Å². The summed E-state index contributed by atoms with van der Waals surface area (Å²) < 4.78 is 10.6. The number of nitrogens with zero attached hydrogens (tertiary/aromatic N) is 4. The Morgan fingerprint density at radius 3 is 2.46 bits per heavy atom. The summed E-state index contributed by atoms with van der Waals surface area (Å²) in [6, 6.07) is 9.13. The second-order valence-electron chi connectivity index (χ2n) is 5.40. The Morgan fingerprint density at radius 1 is 1.04 bits per heavy atom. The van der Waals surface area contributed by atoms with Crippen LogP contribution in [0.1, 0.15) is 10.4 Å². The fourth-order valence-corrected chi connectivity index (χ4v) is 2.83. The standard InChI is InChI=1S/C17H20N4O3/c1-23-14-6-3-5-13(16(14)24-2)17(22)21-11-9-20(10-12-21)15-7-4-8-18-19-15/h3-8H,9-12H2,1-2H3. The van der Waals surface area contributed by atoms with Crippen molar-refractivity contribution in [3.8, 4) is 11.5 Å². The van der Waals surface area contributed by atoms with Gasteiger partial charge >= 0.3 is 0 Å². The van der Waals surface area contributed by atoms with Crippen LogP contribution in [-0.2, 0) is 0 Å². The van der Waals surface area contributed by atoms with Gasteiger partial charge in [-0.3, -0.25) is 4.79 Å². The van der Waals surface area contributed by atoms with Gasteiger partial charge in [-0.2, -0.15) is 5.10 Å². The number of carbonyl (C=O) groups excluding carboxylic acids is 1. The Balaban J connectivity index is 1.72. The van der Waals surface area contributed by atoms with E-state index in [1.54, 1.807) is 38.6 Å². The van der Waals surface area contributed by atoms with E-state index in [1.165, 1.54) is 0 Å². The second-order valence-corrected chi connectivity index (χ2v) is 5.40. The van der Waals surface area contributed by atoms with E-state index in [0.717, 1.165) is 18.9 Å². The summed E-state index contributed by atoms with van der Waals surface area (Å²) in [7, 11) is 3.10. The molecule has 1 aromatic heterocycles. The number of amides is 1. The van der Waals surface area contributed by atoms with Gasteiger partial charge in [-0.1, -0.05) is 6.07 Å². The van der Waals surface area contributed by atoms with Crippen LogP contribution >= 0.6 is 0 Å². The molecule has 0 radical (unpaired) electrons. The van der Waals surface area contributed by atoms with Crippen LogP contribution in [0.4, 0.5) is 5.82 Å². The van der Waals surface area contributed by atoms with Crippen molar-refractivity contribution in [1.29, 1.82) is 0 Å². The number of piperazine rings is 1. The van der Waals surface area contributed by atoms with Gasteiger partial charge in [-0.15, -0.1) is 5.10 Å². The van der Waals surface area contributed by atoms with Gasteiger partial charge in [0, 0.05) is 32.4 Å². The molecule has 7 heteroatoms. The van der Waals surface area contributed by atoms with E-state index in [4.69, 9.17) is 9.47 Å². The summed E-state index contributed by atoms with van der Waals surface area (Å²) in [6.45, 7) is 2.68. The third-order valence-electron chi connectivity index (χ3n) is 4.08. The average Bonchev–Trinajstić information content (AvgIpc) is 2.67. The van der Waals surface area contributed by atoms with Crippen LogP contribution in [-0.4, -0.2) is 61.4 Å². The minimum atomic E-state index is -0.0513. The van der Waals surface area contributed by atoms with Crippen molar-refractivity contribution in [3.63, 3.8) is 0 Å². The summed E-state index contributed by atoms with van der Waals surface area (Å²) >= 11 is 0. The van der Waals surface area contributed by atoms with E-state index in [0.29, 0.717) is 30.2 Å². The van der Waals surface area contributed by atoms with Crippen LogP contribution in [0.3, 0.4) is 0 Å². The lowest BCUT2D eigenvalue weighted by Crippen LogP contribution is -2.49. The average molecular weight is 328 g/mol. The van der Waals surface area contributed by atoms with E-state index in [2.05, 4.69) is 15.1 Å². The van der Waals surface area contributed by atoms with Crippen molar-refractivity contribution in [2.24, 2.45) is 0 Å². The maximum absolute atomic E-state index is 12.8. The normalized spacial score (nSPS) is 14.4. The first-order valence-corrected chi connectivity index (χ1v) is 7.77. The van der Waals surface area contributed by atoms with E-state index in [1.807, 2.05) is 17.0 Å². The molecular weight excluding hydrogens is 308 g/mol. The molecule has 0 bridgehead atoms. The van der Waals surface area contributed by atoms with Gasteiger partial charge in [0.25, 0.3) is 5.91 Å². The van der Waals surface area contributed by atoms with Crippen LogP contribution in [0.5, 0.6) is 11.5 Å². The lowest BCUT2D eigenvalue weighted by Gasteiger charge is -2.35. The zero-order valence-electron chi connectivity index (χ0n) is 13.8. The molecule has 0 unspecified atom stereocenters. The lowest BCUT2D eigenvalue weighted by atomic mass is 10.1. The Bertz CT molecular complexity index is 700. The molecule has 24 heavy (non-hydrogen) atoms. The smallest absolute Gasteiger partial charge is 0.257 e. The van der Waals surface area contributed by atoms with E-state index in [9.17, 15) is 4.79 Å². The molecule has 1 aliphatic heterocycles. The zero-order chi connectivity index (χ0) is 16.9. The maximum atomic E-state index is 12.8. The predicted octanol–water partition coefficient (Wildman–Crippen LogP) is 1.46. The molecule has 0 N–H and O–H groups in total. The molecule has 1 aliphatic rings. The number of para-hydroxylation sites is 1. The van der Waals surface area contributed by atoms with Crippen molar-refractivity contribution in [3.05, 3.63) is 42.1 Å². The summed E-state index contributed by atoms with van der Waals surface area (Å²) in [4.78, 5) is 16.8.